The van der Waals surface area contributed by atoms with E-state index < -0.39 is 10.0 Å². The normalized spacial score (nSPS) is 13.0. The molecule has 24 heavy (non-hydrogen) atoms. The van der Waals surface area contributed by atoms with Gasteiger partial charge in [0.15, 0.2) is 0 Å². The van der Waals surface area contributed by atoms with Crippen molar-refractivity contribution in [3.05, 3.63) is 51.9 Å². The summed E-state index contributed by atoms with van der Waals surface area (Å²) in [6, 6.07) is 10.6. The number of amides is 1. The lowest BCUT2D eigenvalue weighted by Gasteiger charge is -2.19. The third-order valence-corrected chi connectivity index (χ3v) is 7.04. The fourth-order valence-corrected chi connectivity index (χ4v) is 4.92. The van der Waals surface area contributed by atoms with Crippen molar-refractivity contribution in [2.45, 2.75) is 24.1 Å². The number of carbonyl (C=O) groups excluding carboxylic acids is 1. The zero-order valence-corrected chi connectivity index (χ0v) is 16.0. The fraction of sp³-hybridized carbons (Fsp3) is 0.312. The van der Waals surface area contributed by atoms with Crippen LogP contribution in [0.25, 0.3) is 0 Å². The summed E-state index contributed by atoms with van der Waals surface area (Å²) >= 11 is 6.75. The van der Waals surface area contributed by atoms with Gasteiger partial charge >= 0.3 is 0 Å². The van der Waals surface area contributed by atoms with E-state index in [1.807, 2.05) is 38.1 Å². The summed E-state index contributed by atoms with van der Waals surface area (Å²) in [5.41, 5.74) is 2.10. The number of aryl methyl sites for hydroxylation is 1. The minimum atomic E-state index is -3.71. The molecule has 1 heterocycles. The van der Waals surface area contributed by atoms with Crippen LogP contribution in [-0.2, 0) is 14.8 Å². The number of nitrogens with zero attached hydrogens (tertiary/aromatic N) is 1. The molecule has 0 aliphatic carbocycles. The molecule has 0 aliphatic rings. The number of rotatable bonds is 6. The Labute approximate surface area is 151 Å². The number of likely N-dealkylation sites (N-methyl/N-ethyl adjacent to an activating group) is 1. The first kappa shape index (κ1) is 18.9. The molecule has 0 aliphatic heterocycles. The maximum absolute atomic E-state index is 12.4. The van der Waals surface area contributed by atoms with Crippen LogP contribution >= 0.6 is 22.9 Å². The Morgan fingerprint density at radius 2 is 1.88 bits per heavy atom. The first-order valence-corrected chi connectivity index (χ1v) is 9.91. The Balaban J connectivity index is 1.99. The smallest absolute Gasteiger partial charge is 0.252 e. The molecule has 0 spiro atoms. The maximum atomic E-state index is 12.4. The largest absolute Gasteiger partial charge is 0.348 e. The molecular formula is C16H19ClN2O3S2. The van der Waals surface area contributed by atoms with Gasteiger partial charge in [-0.1, -0.05) is 41.4 Å². The molecule has 0 fully saturated rings. The zero-order valence-electron chi connectivity index (χ0n) is 13.6. The number of benzene rings is 1. The highest BCUT2D eigenvalue weighted by Gasteiger charge is 2.25. The Hall–Kier alpha value is -1.41. The molecule has 2 rings (SSSR count). The number of sulfonamides is 1. The average Bonchev–Trinajstić information content (AvgIpc) is 2.95. The lowest BCUT2D eigenvalue weighted by atomic mass is 10.1. The van der Waals surface area contributed by atoms with Gasteiger partial charge in [-0.3, -0.25) is 4.79 Å². The van der Waals surface area contributed by atoms with Crippen LogP contribution in [0.3, 0.4) is 0 Å². The van der Waals surface area contributed by atoms with Gasteiger partial charge in [0.2, 0.25) is 5.91 Å². The van der Waals surface area contributed by atoms with Crippen molar-refractivity contribution >= 4 is 38.9 Å². The third kappa shape index (κ3) is 4.57. The molecule has 130 valence electrons. The van der Waals surface area contributed by atoms with E-state index in [1.54, 1.807) is 0 Å². The monoisotopic (exact) mass is 386 g/mol. The number of hydrogen-bond donors (Lipinski definition) is 1. The van der Waals surface area contributed by atoms with Crippen molar-refractivity contribution < 1.29 is 13.2 Å². The molecule has 1 aromatic carbocycles. The predicted octanol–water partition coefficient (Wildman–Crippen LogP) is 3.21. The van der Waals surface area contributed by atoms with Crippen LogP contribution < -0.4 is 5.32 Å². The molecule has 0 saturated carbocycles. The van der Waals surface area contributed by atoms with E-state index in [2.05, 4.69) is 5.32 Å². The van der Waals surface area contributed by atoms with E-state index in [4.69, 9.17) is 11.6 Å². The van der Waals surface area contributed by atoms with E-state index in [1.165, 1.54) is 19.2 Å². The van der Waals surface area contributed by atoms with Crippen LogP contribution in [0, 0.1) is 6.92 Å². The summed E-state index contributed by atoms with van der Waals surface area (Å²) in [7, 11) is -2.34. The van der Waals surface area contributed by atoms with Crippen molar-refractivity contribution in [3.63, 3.8) is 0 Å². The standard InChI is InChI=1S/C16H19ClN2O3S2/c1-11-4-6-13(7-5-11)12(2)18-15(20)10-19(3)24(21,22)16-9-8-14(17)23-16/h4-9,12H,10H2,1-3H3,(H,18,20). The van der Waals surface area contributed by atoms with Crippen LogP contribution in [-0.4, -0.2) is 32.2 Å². The van der Waals surface area contributed by atoms with Gasteiger partial charge in [0, 0.05) is 7.05 Å². The molecule has 1 amide bonds. The second-order valence-corrected chi connectivity index (χ2v) is 9.51. The van der Waals surface area contributed by atoms with Crippen molar-refractivity contribution in [1.82, 2.24) is 9.62 Å². The maximum Gasteiger partial charge on any atom is 0.252 e. The predicted molar refractivity (Wildman–Crippen MR) is 96.9 cm³/mol. The summed E-state index contributed by atoms with van der Waals surface area (Å²) in [5.74, 6) is -0.364. The molecule has 1 N–H and O–H groups in total. The molecule has 1 unspecified atom stereocenters. The second kappa shape index (κ2) is 7.65. The van der Waals surface area contributed by atoms with Crippen molar-refractivity contribution in [1.29, 1.82) is 0 Å². The minimum absolute atomic E-state index is 0.120. The second-order valence-electron chi connectivity index (χ2n) is 5.52. The molecule has 0 bridgehead atoms. The molecule has 0 saturated heterocycles. The first-order chi connectivity index (χ1) is 11.2. The number of nitrogens with one attached hydrogen (secondary N) is 1. The lowest BCUT2D eigenvalue weighted by Crippen LogP contribution is -2.39. The summed E-state index contributed by atoms with van der Waals surface area (Å²) < 4.78 is 26.3. The molecule has 0 radical (unpaired) electrons. The van der Waals surface area contributed by atoms with E-state index in [-0.39, 0.29) is 22.7 Å². The Morgan fingerprint density at radius 1 is 1.25 bits per heavy atom. The zero-order chi connectivity index (χ0) is 17.9. The molecule has 1 aromatic heterocycles. The van der Waals surface area contributed by atoms with E-state index in [0.29, 0.717) is 4.34 Å². The van der Waals surface area contributed by atoms with Gasteiger partial charge in [-0.15, -0.1) is 11.3 Å². The average molecular weight is 387 g/mol. The van der Waals surface area contributed by atoms with Gasteiger partial charge in [0.1, 0.15) is 4.21 Å². The highest BCUT2D eigenvalue weighted by molar-refractivity contribution is 7.91. The van der Waals surface area contributed by atoms with Crippen LogP contribution in [0.2, 0.25) is 4.34 Å². The highest BCUT2D eigenvalue weighted by atomic mass is 35.5. The number of hydrogen-bond acceptors (Lipinski definition) is 4. The molecule has 8 heteroatoms. The van der Waals surface area contributed by atoms with Crippen LogP contribution in [0.5, 0.6) is 0 Å². The molecule has 1 atom stereocenters. The van der Waals surface area contributed by atoms with E-state index in [9.17, 15) is 13.2 Å². The number of thiophene rings is 1. The third-order valence-electron chi connectivity index (χ3n) is 3.53. The van der Waals surface area contributed by atoms with Crippen LogP contribution in [0.1, 0.15) is 24.1 Å². The highest BCUT2D eigenvalue weighted by Crippen LogP contribution is 2.27. The van der Waals surface area contributed by atoms with E-state index >= 15 is 0 Å². The van der Waals surface area contributed by atoms with Gasteiger partial charge in [-0.2, -0.15) is 4.31 Å². The summed E-state index contributed by atoms with van der Waals surface area (Å²) in [4.78, 5) is 12.1. The van der Waals surface area contributed by atoms with Crippen molar-refractivity contribution in [3.8, 4) is 0 Å². The van der Waals surface area contributed by atoms with Gasteiger partial charge in [-0.25, -0.2) is 8.42 Å². The Bertz CT molecular complexity index is 816. The summed E-state index contributed by atoms with van der Waals surface area (Å²) in [6.07, 6.45) is 0. The number of halogens is 1. The SMILES string of the molecule is Cc1ccc(C(C)NC(=O)CN(C)S(=O)(=O)c2ccc(Cl)s2)cc1. The van der Waals surface area contributed by atoms with Crippen molar-refractivity contribution in [2.24, 2.45) is 0 Å². The quantitative estimate of drug-likeness (QED) is 0.828. The van der Waals surface area contributed by atoms with Crippen molar-refractivity contribution in [2.75, 3.05) is 13.6 Å². The van der Waals surface area contributed by atoms with Crippen LogP contribution in [0.15, 0.2) is 40.6 Å². The fourth-order valence-electron chi connectivity index (χ4n) is 2.10. The Morgan fingerprint density at radius 3 is 2.42 bits per heavy atom. The van der Waals surface area contributed by atoms with E-state index in [0.717, 1.165) is 26.8 Å². The molecule has 5 nitrogen and oxygen atoms in total. The molecule has 2 aromatic rings. The molecular weight excluding hydrogens is 368 g/mol. The van der Waals surface area contributed by atoms with Crippen LogP contribution in [0.4, 0.5) is 0 Å². The summed E-state index contributed by atoms with van der Waals surface area (Å²) in [5, 5.41) is 2.81. The van der Waals surface area contributed by atoms with Gasteiger partial charge in [-0.05, 0) is 31.5 Å². The number of carbonyl (C=O) groups is 1. The first-order valence-electron chi connectivity index (χ1n) is 7.28. The van der Waals surface area contributed by atoms with Gasteiger partial charge in [0.25, 0.3) is 10.0 Å². The minimum Gasteiger partial charge on any atom is -0.348 e. The Kier molecular flexibility index (Phi) is 6.03. The lowest BCUT2D eigenvalue weighted by molar-refractivity contribution is -0.121. The topological polar surface area (TPSA) is 66.5 Å². The van der Waals surface area contributed by atoms with Gasteiger partial charge in [0.05, 0.1) is 16.9 Å². The van der Waals surface area contributed by atoms with Gasteiger partial charge < -0.3 is 5.32 Å². The summed E-state index contributed by atoms with van der Waals surface area (Å²) in [6.45, 7) is 3.59.